The van der Waals surface area contributed by atoms with Gasteiger partial charge in [-0.25, -0.2) is 4.79 Å². The van der Waals surface area contributed by atoms with E-state index in [2.05, 4.69) is 5.32 Å². The Kier molecular flexibility index (Phi) is 5.27. The molecular weight excluding hydrogens is 320 g/mol. The Morgan fingerprint density at radius 3 is 2.44 bits per heavy atom. The maximum absolute atomic E-state index is 12.8. The first-order valence-electron chi connectivity index (χ1n) is 9.02. The number of carbonyl (C=O) groups excluding carboxylic acids is 2. The van der Waals surface area contributed by atoms with E-state index in [1.807, 2.05) is 31.2 Å². The smallest absolute Gasteiger partial charge is 0.325 e. The lowest BCUT2D eigenvalue weighted by atomic mass is 9.90. The predicted octanol–water partition coefficient (Wildman–Crippen LogP) is 2.38. The van der Waals surface area contributed by atoms with E-state index in [0.29, 0.717) is 18.6 Å². The molecule has 1 atom stereocenters. The molecule has 1 saturated carbocycles. The molecule has 25 heavy (non-hydrogen) atoms. The van der Waals surface area contributed by atoms with Gasteiger partial charge in [-0.1, -0.05) is 43.4 Å². The highest BCUT2D eigenvalue weighted by molar-refractivity contribution is 6.07. The van der Waals surface area contributed by atoms with Crippen LogP contribution in [0.5, 0.6) is 5.75 Å². The summed E-state index contributed by atoms with van der Waals surface area (Å²) in [7, 11) is 0. The van der Waals surface area contributed by atoms with E-state index in [4.69, 9.17) is 4.74 Å². The van der Waals surface area contributed by atoms with Crippen LogP contribution in [0.15, 0.2) is 24.3 Å². The molecule has 6 heteroatoms. The van der Waals surface area contributed by atoms with E-state index >= 15 is 0 Å². The molecule has 3 amide bonds. The monoisotopic (exact) mass is 346 g/mol. The van der Waals surface area contributed by atoms with Gasteiger partial charge in [-0.3, -0.25) is 9.69 Å². The Morgan fingerprint density at radius 2 is 1.80 bits per heavy atom. The van der Waals surface area contributed by atoms with Crippen LogP contribution in [0.25, 0.3) is 0 Å². The normalized spacial score (nSPS) is 21.1. The molecule has 0 radical (unpaired) electrons. The van der Waals surface area contributed by atoms with E-state index in [-0.39, 0.29) is 19.1 Å². The minimum atomic E-state index is -0.920. The van der Waals surface area contributed by atoms with Gasteiger partial charge in [-0.05, 0) is 31.9 Å². The van der Waals surface area contributed by atoms with Gasteiger partial charge in [0.05, 0.1) is 6.54 Å². The molecular formula is C19H26N2O4. The number of β-amino-alcohol motifs (C(OH)–C–C–N with tert-alkyl or cyclic N) is 1. The molecule has 2 N–H and O–H groups in total. The van der Waals surface area contributed by atoms with Crippen LogP contribution in [0, 0.1) is 6.92 Å². The van der Waals surface area contributed by atoms with Crippen molar-refractivity contribution in [1.82, 2.24) is 10.2 Å². The Hall–Kier alpha value is -2.08. The number of nitrogens with one attached hydrogen (secondary N) is 1. The van der Waals surface area contributed by atoms with Crippen molar-refractivity contribution in [2.45, 2.75) is 57.1 Å². The third-order valence-corrected chi connectivity index (χ3v) is 5.06. The van der Waals surface area contributed by atoms with Crippen LogP contribution in [0.4, 0.5) is 4.79 Å². The molecule has 3 rings (SSSR count). The molecule has 1 aromatic rings. The molecule has 6 nitrogen and oxygen atoms in total. The van der Waals surface area contributed by atoms with Gasteiger partial charge in [-0.15, -0.1) is 0 Å². The summed E-state index contributed by atoms with van der Waals surface area (Å²) < 4.78 is 5.54. The molecule has 1 spiro atoms. The highest BCUT2D eigenvalue weighted by Gasteiger charge is 2.50. The first-order valence-corrected chi connectivity index (χ1v) is 9.02. The van der Waals surface area contributed by atoms with Crippen LogP contribution in [0.3, 0.4) is 0 Å². The summed E-state index contributed by atoms with van der Waals surface area (Å²) in [4.78, 5) is 26.2. The zero-order valence-electron chi connectivity index (χ0n) is 14.7. The van der Waals surface area contributed by atoms with Crippen molar-refractivity contribution in [3.63, 3.8) is 0 Å². The summed E-state index contributed by atoms with van der Waals surface area (Å²) in [6.45, 7) is 1.98. The summed E-state index contributed by atoms with van der Waals surface area (Å²) >= 11 is 0. The first kappa shape index (κ1) is 17.7. The largest absolute Gasteiger partial charge is 0.491 e. The quantitative estimate of drug-likeness (QED) is 0.803. The van der Waals surface area contributed by atoms with Gasteiger partial charge in [0.25, 0.3) is 5.91 Å². The van der Waals surface area contributed by atoms with E-state index in [9.17, 15) is 14.7 Å². The third-order valence-electron chi connectivity index (χ3n) is 5.06. The number of rotatable bonds is 5. The van der Waals surface area contributed by atoms with E-state index in [1.165, 1.54) is 0 Å². The van der Waals surface area contributed by atoms with E-state index in [0.717, 1.165) is 36.1 Å². The van der Waals surface area contributed by atoms with Gasteiger partial charge in [0, 0.05) is 0 Å². The number of carbonyl (C=O) groups is 2. The summed E-state index contributed by atoms with van der Waals surface area (Å²) in [5, 5.41) is 13.1. The number of hydrogen-bond acceptors (Lipinski definition) is 4. The minimum Gasteiger partial charge on any atom is -0.491 e. The van der Waals surface area contributed by atoms with Gasteiger partial charge in [-0.2, -0.15) is 0 Å². The number of aryl methyl sites for hydroxylation is 1. The van der Waals surface area contributed by atoms with Crippen LogP contribution in [0.1, 0.15) is 44.1 Å². The molecule has 1 aliphatic carbocycles. The van der Waals surface area contributed by atoms with Gasteiger partial charge < -0.3 is 15.2 Å². The van der Waals surface area contributed by atoms with E-state index < -0.39 is 17.7 Å². The number of urea groups is 1. The summed E-state index contributed by atoms with van der Waals surface area (Å²) in [5.74, 6) is 0.455. The van der Waals surface area contributed by atoms with Gasteiger partial charge >= 0.3 is 6.03 Å². The van der Waals surface area contributed by atoms with Gasteiger partial charge in [0.1, 0.15) is 24.0 Å². The Balaban J connectivity index is 1.57. The fraction of sp³-hybridized carbons (Fsp3) is 0.579. The molecule has 136 valence electrons. The Morgan fingerprint density at radius 1 is 1.16 bits per heavy atom. The molecule has 0 aromatic heterocycles. The van der Waals surface area contributed by atoms with E-state index in [1.54, 1.807) is 0 Å². The average Bonchev–Trinajstić information content (AvgIpc) is 2.76. The molecule has 0 bridgehead atoms. The highest BCUT2D eigenvalue weighted by Crippen LogP contribution is 2.32. The van der Waals surface area contributed by atoms with Crippen LogP contribution >= 0.6 is 0 Å². The number of hydrogen-bond donors (Lipinski definition) is 2. The number of amides is 3. The molecule has 1 saturated heterocycles. The zero-order chi connectivity index (χ0) is 17.9. The fourth-order valence-corrected chi connectivity index (χ4v) is 3.60. The maximum atomic E-state index is 12.8. The summed E-state index contributed by atoms with van der Waals surface area (Å²) in [5.41, 5.74) is 0.367. The summed E-state index contributed by atoms with van der Waals surface area (Å²) in [6.07, 6.45) is 4.53. The molecule has 1 unspecified atom stereocenters. The Labute approximate surface area is 148 Å². The average molecular weight is 346 g/mol. The molecule has 1 aliphatic heterocycles. The van der Waals surface area contributed by atoms with Crippen LogP contribution in [-0.2, 0) is 4.79 Å². The number of ether oxygens (including phenoxy) is 1. The fourth-order valence-electron chi connectivity index (χ4n) is 3.60. The standard InChI is InChI=1S/C19H26N2O4/c1-14-6-8-16(9-7-14)25-13-15(22)12-21-17(23)19(20-18(21)24)10-4-2-3-5-11-19/h6-9,15,22H,2-5,10-13H2,1H3,(H,20,24). The second kappa shape index (κ2) is 7.44. The van der Waals surface area contributed by atoms with Crippen molar-refractivity contribution in [3.8, 4) is 5.75 Å². The highest BCUT2D eigenvalue weighted by atomic mass is 16.5. The molecule has 1 heterocycles. The first-order chi connectivity index (χ1) is 12.0. The van der Waals surface area contributed by atoms with Crippen LogP contribution in [0.2, 0.25) is 0 Å². The lowest BCUT2D eigenvalue weighted by Crippen LogP contribution is -2.47. The topological polar surface area (TPSA) is 78.9 Å². The number of benzene rings is 1. The Bertz CT molecular complexity index is 621. The van der Waals surface area contributed by atoms with Crippen molar-refractivity contribution < 1.29 is 19.4 Å². The lowest BCUT2D eigenvalue weighted by Gasteiger charge is -2.25. The van der Waals surface area contributed by atoms with Crippen molar-refractivity contribution in [1.29, 1.82) is 0 Å². The van der Waals surface area contributed by atoms with Crippen molar-refractivity contribution in [2.24, 2.45) is 0 Å². The molecule has 1 aromatic carbocycles. The third kappa shape index (κ3) is 3.95. The minimum absolute atomic E-state index is 0.0348. The lowest BCUT2D eigenvalue weighted by molar-refractivity contribution is -0.132. The van der Waals surface area contributed by atoms with Crippen molar-refractivity contribution in [3.05, 3.63) is 29.8 Å². The second-order valence-electron chi connectivity index (χ2n) is 7.12. The van der Waals surface area contributed by atoms with Crippen molar-refractivity contribution >= 4 is 11.9 Å². The van der Waals surface area contributed by atoms with Gasteiger partial charge in [0.15, 0.2) is 0 Å². The summed E-state index contributed by atoms with van der Waals surface area (Å²) in [6, 6.07) is 7.11. The zero-order valence-corrected chi connectivity index (χ0v) is 14.7. The number of aliphatic hydroxyl groups is 1. The molecule has 2 aliphatic rings. The number of nitrogens with zero attached hydrogens (tertiary/aromatic N) is 1. The molecule has 2 fully saturated rings. The number of imide groups is 1. The van der Waals surface area contributed by atoms with Gasteiger partial charge in [0.2, 0.25) is 0 Å². The number of aliphatic hydroxyl groups excluding tert-OH is 1. The predicted molar refractivity (Wildman–Crippen MR) is 93.4 cm³/mol. The maximum Gasteiger partial charge on any atom is 0.325 e. The SMILES string of the molecule is Cc1ccc(OCC(O)CN2C(=O)NC3(CCCCCC3)C2=O)cc1. The van der Waals surface area contributed by atoms with Crippen LogP contribution in [-0.4, -0.2) is 46.7 Å². The van der Waals surface area contributed by atoms with Crippen LogP contribution < -0.4 is 10.1 Å². The van der Waals surface area contributed by atoms with Crippen molar-refractivity contribution in [2.75, 3.05) is 13.2 Å². The second-order valence-corrected chi connectivity index (χ2v) is 7.12.